The number of benzene rings is 2. The number of hydrazone groups is 1. The zero-order valence-corrected chi connectivity index (χ0v) is 16.4. The van der Waals surface area contributed by atoms with E-state index in [0.29, 0.717) is 34.8 Å². The monoisotopic (exact) mass is 391 g/mol. The molecular formula is C19H22ClN3O2S. The van der Waals surface area contributed by atoms with Crippen molar-refractivity contribution in [2.75, 3.05) is 13.2 Å². The zero-order chi connectivity index (χ0) is 18.8. The molecule has 2 rings (SSSR count). The molecule has 0 aromatic heterocycles. The predicted octanol–water partition coefficient (Wildman–Crippen LogP) is 4.14. The third-order valence-electron chi connectivity index (χ3n) is 3.27. The van der Waals surface area contributed by atoms with Gasteiger partial charge in [0.1, 0.15) is 6.61 Å². The number of hydrogen-bond donors (Lipinski definition) is 2. The van der Waals surface area contributed by atoms with E-state index in [0.717, 1.165) is 17.7 Å². The molecule has 0 saturated heterocycles. The highest BCUT2D eigenvalue weighted by atomic mass is 35.5. The van der Waals surface area contributed by atoms with E-state index >= 15 is 0 Å². The van der Waals surface area contributed by atoms with Crippen LogP contribution in [0.2, 0.25) is 5.02 Å². The molecule has 2 aromatic carbocycles. The standard InChI is InChI=1S/C19H22ClN3O2S/c1-3-21-19(26)23-22-12-15-10-16(20)18(17(11-15)24-4-2)25-13-14-8-6-5-7-9-14/h5-12H,3-4,13H2,1-2H3,(H2,21,23,26)/b22-12-. The highest BCUT2D eigenvalue weighted by molar-refractivity contribution is 7.80. The third kappa shape index (κ3) is 6.20. The largest absolute Gasteiger partial charge is 0.490 e. The van der Waals surface area contributed by atoms with Gasteiger partial charge in [0, 0.05) is 6.54 Å². The maximum Gasteiger partial charge on any atom is 0.186 e. The second-order valence-corrected chi connectivity index (χ2v) is 6.08. The fourth-order valence-corrected chi connectivity index (χ4v) is 2.63. The fraction of sp³-hybridized carbons (Fsp3) is 0.263. The first kappa shape index (κ1) is 20.0. The molecule has 0 radical (unpaired) electrons. The van der Waals surface area contributed by atoms with Crippen molar-refractivity contribution in [3.63, 3.8) is 0 Å². The molecule has 0 spiro atoms. The van der Waals surface area contributed by atoms with Crippen LogP contribution >= 0.6 is 23.8 Å². The summed E-state index contributed by atoms with van der Waals surface area (Å²) in [6.45, 7) is 5.51. The Balaban J connectivity index is 2.13. The van der Waals surface area contributed by atoms with Crippen molar-refractivity contribution in [1.29, 1.82) is 0 Å². The topological polar surface area (TPSA) is 54.9 Å². The Morgan fingerprint density at radius 2 is 1.96 bits per heavy atom. The summed E-state index contributed by atoms with van der Waals surface area (Å²) in [4.78, 5) is 0. The van der Waals surface area contributed by atoms with Crippen molar-refractivity contribution in [3.05, 3.63) is 58.6 Å². The molecule has 7 heteroatoms. The van der Waals surface area contributed by atoms with Gasteiger partial charge >= 0.3 is 0 Å². The van der Waals surface area contributed by atoms with E-state index < -0.39 is 0 Å². The molecule has 2 N–H and O–H groups in total. The minimum Gasteiger partial charge on any atom is -0.490 e. The van der Waals surface area contributed by atoms with Crippen LogP contribution in [0, 0.1) is 0 Å². The van der Waals surface area contributed by atoms with Crippen molar-refractivity contribution >= 4 is 35.1 Å². The lowest BCUT2D eigenvalue weighted by atomic mass is 10.2. The Morgan fingerprint density at radius 1 is 1.19 bits per heavy atom. The van der Waals surface area contributed by atoms with Crippen molar-refractivity contribution in [2.45, 2.75) is 20.5 Å². The summed E-state index contributed by atoms with van der Waals surface area (Å²) in [6, 6.07) is 13.5. The summed E-state index contributed by atoms with van der Waals surface area (Å²) >= 11 is 11.5. The minimum atomic E-state index is 0.409. The van der Waals surface area contributed by atoms with Crippen LogP contribution < -0.4 is 20.2 Å². The molecule has 138 valence electrons. The quantitative estimate of drug-likeness (QED) is 0.402. The van der Waals surface area contributed by atoms with Gasteiger partial charge in [0.15, 0.2) is 16.6 Å². The highest BCUT2D eigenvalue weighted by Crippen LogP contribution is 2.36. The Labute approximate surface area is 164 Å². The Morgan fingerprint density at radius 3 is 2.65 bits per heavy atom. The zero-order valence-electron chi connectivity index (χ0n) is 14.8. The SMILES string of the molecule is CCNC(=S)N/N=C\c1cc(Cl)c(OCc2ccccc2)c(OCC)c1. The molecule has 0 fully saturated rings. The van der Waals surface area contributed by atoms with Gasteiger partial charge in [-0.3, -0.25) is 5.43 Å². The Bertz CT molecular complexity index is 754. The average molecular weight is 392 g/mol. The number of nitrogens with one attached hydrogen (secondary N) is 2. The molecule has 0 heterocycles. The van der Waals surface area contributed by atoms with E-state index in [-0.39, 0.29) is 0 Å². The molecule has 0 bridgehead atoms. The summed E-state index contributed by atoms with van der Waals surface area (Å²) in [5, 5.41) is 7.97. The Kier molecular flexibility index (Phi) is 8.18. The van der Waals surface area contributed by atoms with E-state index in [4.69, 9.17) is 33.3 Å². The lowest BCUT2D eigenvalue weighted by molar-refractivity contribution is 0.269. The molecule has 0 unspecified atom stereocenters. The van der Waals surface area contributed by atoms with Crippen LogP contribution in [0.5, 0.6) is 11.5 Å². The molecule has 5 nitrogen and oxygen atoms in total. The highest BCUT2D eigenvalue weighted by Gasteiger charge is 2.12. The van der Waals surface area contributed by atoms with Gasteiger partial charge in [0.05, 0.1) is 17.8 Å². The van der Waals surface area contributed by atoms with Gasteiger partial charge in [-0.05, 0) is 49.3 Å². The smallest absolute Gasteiger partial charge is 0.186 e. The molecule has 0 saturated carbocycles. The number of halogens is 1. The minimum absolute atomic E-state index is 0.409. The van der Waals surface area contributed by atoms with Gasteiger partial charge in [-0.25, -0.2) is 0 Å². The van der Waals surface area contributed by atoms with Gasteiger partial charge < -0.3 is 14.8 Å². The summed E-state index contributed by atoms with van der Waals surface area (Å²) in [5.41, 5.74) is 4.57. The lowest BCUT2D eigenvalue weighted by Crippen LogP contribution is -2.31. The van der Waals surface area contributed by atoms with Gasteiger partial charge in [-0.15, -0.1) is 0 Å². The molecule has 0 amide bonds. The predicted molar refractivity (Wildman–Crippen MR) is 110 cm³/mol. The Hall–Kier alpha value is -2.31. The molecule has 0 atom stereocenters. The van der Waals surface area contributed by atoms with Gasteiger partial charge in [-0.2, -0.15) is 5.10 Å². The lowest BCUT2D eigenvalue weighted by Gasteiger charge is -2.14. The first-order valence-corrected chi connectivity index (χ1v) is 9.12. The molecule has 0 aliphatic rings. The second-order valence-electron chi connectivity index (χ2n) is 5.27. The average Bonchev–Trinajstić information content (AvgIpc) is 2.62. The first-order valence-electron chi connectivity index (χ1n) is 8.34. The van der Waals surface area contributed by atoms with E-state index in [2.05, 4.69) is 15.8 Å². The van der Waals surface area contributed by atoms with E-state index in [1.165, 1.54) is 0 Å². The first-order chi connectivity index (χ1) is 12.6. The number of ether oxygens (including phenoxy) is 2. The fourth-order valence-electron chi connectivity index (χ4n) is 2.16. The van der Waals surface area contributed by atoms with Crippen LogP contribution in [0.3, 0.4) is 0 Å². The van der Waals surface area contributed by atoms with E-state index in [1.807, 2.05) is 50.2 Å². The number of thiocarbonyl (C=S) groups is 1. The number of nitrogens with zero attached hydrogens (tertiary/aromatic N) is 1. The third-order valence-corrected chi connectivity index (χ3v) is 3.79. The van der Waals surface area contributed by atoms with Crippen LogP contribution in [0.4, 0.5) is 0 Å². The summed E-state index contributed by atoms with van der Waals surface area (Å²) in [6.07, 6.45) is 1.62. The van der Waals surface area contributed by atoms with Crippen LogP contribution in [0.25, 0.3) is 0 Å². The summed E-state index contributed by atoms with van der Waals surface area (Å²) in [7, 11) is 0. The van der Waals surface area contributed by atoms with E-state index in [1.54, 1.807) is 12.3 Å². The van der Waals surface area contributed by atoms with Gasteiger partial charge in [0.2, 0.25) is 0 Å². The van der Waals surface area contributed by atoms with Crippen molar-refractivity contribution in [2.24, 2.45) is 5.10 Å². The van der Waals surface area contributed by atoms with Crippen LogP contribution in [0.1, 0.15) is 25.0 Å². The number of rotatable bonds is 8. The van der Waals surface area contributed by atoms with Crippen molar-refractivity contribution in [1.82, 2.24) is 10.7 Å². The molecule has 0 aliphatic heterocycles. The summed E-state index contributed by atoms with van der Waals surface area (Å²) < 4.78 is 11.6. The maximum atomic E-state index is 6.40. The van der Waals surface area contributed by atoms with Crippen molar-refractivity contribution < 1.29 is 9.47 Å². The normalized spacial score (nSPS) is 10.6. The second kappa shape index (κ2) is 10.6. The van der Waals surface area contributed by atoms with Crippen molar-refractivity contribution in [3.8, 4) is 11.5 Å². The van der Waals surface area contributed by atoms with E-state index in [9.17, 15) is 0 Å². The number of hydrogen-bond acceptors (Lipinski definition) is 4. The van der Waals surface area contributed by atoms with Gasteiger partial charge in [0.25, 0.3) is 0 Å². The van der Waals surface area contributed by atoms with Crippen LogP contribution in [-0.2, 0) is 6.61 Å². The molecule has 26 heavy (non-hydrogen) atoms. The van der Waals surface area contributed by atoms with Crippen LogP contribution in [-0.4, -0.2) is 24.5 Å². The van der Waals surface area contributed by atoms with Gasteiger partial charge in [-0.1, -0.05) is 41.9 Å². The summed E-state index contributed by atoms with van der Waals surface area (Å²) in [5.74, 6) is 1.09. The molecule has 0 aliphatic carbocycles. The molecular weight excluding hydrogens is 370 g/mol. The molecule has 2 aromatic rings. The maximum absolute atomic E-state index is 6.40. The van der Waals surface area contributed by atoms with Crippen LogP contribution in [0.15, 0.2) is 47.6 Å².